The van der Waals surface area contributed by atoms with Crippen LogP contribution in [0.3, 0.4) is 0 Å². The molecule has 0 spiro atoms. The second kappa shape index (κ2) is 9.78. The van der Waals surface area contributed by atoms with Crippen molar-refractivity contribution in [1.29, 1.82) is 0 Å². The van der Waals surface area contributed by atoms with Crippen LogP contribution in [-0.4, -0.2) is 36.4 Å². The fourth-order valence-electron chi connectivity index (χ4n) is 4.55. The van der Waals surface area contributed by atoms with Gasteiger partial charge in [-0.15, -0.1) is 0 Å². The van der Waals surface area contributed by atoms with E-state index in [2.05, 4.69) is 33.0 Å². The highest BCUT2D eigenvalue weighted by Crippen LogP contribution is 2.45. The van der Waals surface area contributed by atoms with Gasteiger partial charge in [-0.2, -0.15) is 0 Å². The third-order valence-corrected chi connectivity index (χ3v) is 7.19. The fourth-order valence-corrected chi connectivity index (χ4v) is 4.55. The van der Waals surface area contributed by atoms with Gasteiger partial charge in [-0.25, -0.2) is 4.39 Å². The maximum atomic E-state index is 13.7. The summed E-state index contributed by atoms with van der Waals surface area (Å²) in [6.45, 7) is 14.6. The van der Waals surface area contributed by atoms with E-state index in [4.69, 9.17) is 4.74 Å². The summed E-state index contributed by atoms with van der Waals surface area (Å²) in [6, 6.07) is 6.71. The zero-order valence-corrected chi connectivity index (χ0v) is 19.7. The van der Waals surface area contributed by atoms with E-state index in [0.717, 1.165) is 5.56 Å². The van der Waals surface area contributed by atoms with Crippen LogP contribution in [0.25, 0.3) is 0 Å². The Bertz CT molecular complexity index is 701. The molecule has 1 aromatic rings. The molecule has 30 heavy (non-hydrogen) atoms. The quantitative estimate of drug-likeness (QED) is 0.598. The molecule has 0 amide bonds. The van der Waals surface area contributed by atoms with Crippen LogP contribution in [0.5, 0.6) is 0 Å². The molecule has 5 heteroatoms. The van der Waals surface area contributed by atoms with Crippen LogP contribution in [0.15, 0.2) is 24.3 Å². The Balaban J connectivity index is 2.49. The molecule has 0 bridgehead atoms. The average Bonchev–Trinajstić information content (AvgIpc) is 2.71. The highest BCUT2D eigenvalue weighted by atomic mass is 19.1. The topological polar surface area (TPSA) is 58.6 Å². The standard InChI is InChI=1S/C25H40FNO3/c1-8-24(6,7)23(29)30-14-20-22(17(4)5)27-21(16(2)3)13-25(20,15-28)18-9-11-19(26)12-10-18/h9-12,16-17,20-22,27-28H,8,13-15H2,1-7H3. The van der Waals surface area contributed by atoms with Gasteiger partial charge in [0.1, 0.15) is 5.82 Å². The molecule has 2 rings (SSSR count). The van der Waals surface area contributed by atoms with E-state index in [0.29, 0.717) is 18.8 Å². The number of hydrogen-bond donors (Lipinski definition) is 2. The Labute approximate surface area is 181 Å². The summed E-state index contributed by atoms with van der Waals surface area (Å²) < 4.78 is 19.5. The number of carbonyl (C=O) groups is 1. The number of carbonyl (C=O) groups excluding carboxylic acids is 1. The molecular formula is C25H40FNO3. The van der Waals surface area contributed by atoms with Crippen LogP contribution >= 0.6 is 0 Å². The Morgan fingerprint density at radius 2 is 1.83 bits per heavy atom. The highest BCUT2D eigenvalue weighted by Gasteiger charge is 2.51. The molecule has 4 atom stereocenters. The lowest BCUT2D eigenvalue weighted by Crippen LogP contribution is -2.64. The number of piperidine rings is 1. The number of esters is 1. The van der Waals surface area contributed by atoms with Gasteiger partial charge in [0.2, 0.25) is 0 Å². The van der Waals surface area contributed by atoms with Crippen molar-refractivity contribution < 1.29 is 19.0 Å². The molecule has 170 valence electrons. The van der Waals surface area contributed by atoms with Gasteiger partial charge in [0.25, 0.3) is 0 Å². The lowest BCUT2D eigenvalue weighted by atomic mass is 9.59. The van der Waals surface area contributed by atoms with E-state index in [1.54, 1.807) is 12.1 Å². The van der Waals surface area contributed by atoms with Gasteiger partial charge < -0.3 is 15.2 Å². The lowest BCUT2D eigenvalue weighted by Gasteiger charge is -2.53. The summed E-state index contributed by atoms with van der Waals surface area (Å²) in [5.74, 6) is 0.0132. The first kappa shape index (κ1) is 24.8. The van der Waals surface area contributed by atoms with E-state index in [9.17, 15) is 14.3 Å². The average molecular weight is 422 g/mol. The third-order valence-electron chi connectivity index (χ3n) is 7.19. The molecule has 4 nitrogen and oxygen atoms in total. The molecule has 1 aliphatic rings. The normalized spacial score (nSPS) is 27.5. The second-order valence-corrected chi connectivity index (χ2v) is 10.3. The molecule has 4 unspecified atom stereocenters. The van der Waals surface area contributed by atoms with Gasteiger partial charge in [0.15, 0.2) is 0 Å². The van der Waals surface area contributed by atoms with Crippen molar-refractivity contribution in [3.8, 4) is 0 Å². The first-order chi connectivity index (χ1) is 14.0. The maximum absolute atomic E-state index is 13.7. The van der Waals surface area contributed by atoms with Gasteiger partial charge in [0.05, 0.1) is 18.6 Å². The number of aliphatic hydroxyl groups excluding tert-OH is 1. The van der Waals surface area contributed by atoms with E-state index in [1.165, 1.54) is 12.1 Å². The van der Waals surface area contributed by atoms with Crippen molar-refractivity contribution >= 4 is 5.97 Å². The van der Waals surface area contributed by atoms with Crippen molar-refractivity contribution in [2.24, 2.45) is 23.2 Å². The van der Waals surface area contributed by atoms with Crippen LogP contribution in [-0.2, 0) is 14.9 Å². The fraction of sp³-hybridized carbons (Fsp3) is 0.720. The first-order valence-corrected chi connectivity index (χ1v) is 11.3. The first-order valence-electron chi connectivity index (χ1n) is 11.3. The minimum Gasteiger partial charge on any atom is -0.465 e. The predicted octanol–water partition coefficient (Wildman–Crippen LogP) is 4.69. The van der Waals surface area contributed by atoms with E-state index < -0.39 is 10.8 Å². The zero-order valence-electron chi connectivity index (χ0n) is 19.7. The van der Waals surface area contributed by atoms with Gasteiger partial charge in [-0.1, -0.05) is 46.8 Å². The summed E-state index contributed by atoms with van der Waals surface area (Å²) in [6.07, 6.45) is 1.40. The summed E-state index contributed by atoms with van der Waals surface area (Å²) >= 11 is 0. The van der Waals surface area contributed by atoms with Crippen molar-refractivity contribution in [2.45, 2.75) is 78.8 Å². The van der Waals surface area contributed by atoms with E-state index in [-0.39, 0.29) is 48.9 Å². The highest BCUT2D eigenvalue weighted by molar-refractivity contribution is 5.75. The number of rotatable bonds is 8. The minimum absolute atomic E-state index is 0.0564. The third kappa shape index (κ3) is 5.05. The van der Waals surface area contributed by atoms with Crippen LogP contribution in [0.2, 0.25) is 0 Å². The van der Waals surface area contributed by atoms with E-state index in [1.807, 2.05) is 20.8 Å². The van der Waals surface area contributed by atoms with E-state index >= 15 is 0 Å². The Hall–Kier alpha value is -1.46. The number of halogens is 1. The van der Waals surface area contributed by atoms with Crippen molar-refractivity contribution in [3.63, 3.8) is 0 Å². The lowest BCUT2D eigenvalue weighted by molar-refractivity contribution is -0.158. The number of hydrogen-bond acceptors (Lipinski definition) is 4. The molecule has 1 aromatic carbocycles. The largest absolute Gasteiger partial charge is 0.465 e. The molecule has 0 aromatic heterocycles. The van der Waals surface area contributed by atoms with Gasteiger partial charge in [-0.3, -0.25) is 4.79 Å². The van der Waals surface area contributed by atoms with Gasteiger partial charge >= 0.3 is 5.97 Å². The number of ether oxygens (including phenoxy) is 1. The van der Waals surface area contributed by atoms with Crippen LogP contribution in [0, 0.1) is 29.0 Å². The zero-order chi connectivity index (χ0) is 22.7. The van der Waals surface area contributed by atoms with Crippen LogP contribution in [0.1, 0.15) is 66.9 Å². The van der Waals surface area contributed by atoms with Crippen molar-refractivity contribution in [3.05, 3.63) is 35.6 Å². The number of benzene rings is 1. The Kier molecular flexibility index (Phi) is 8.09. The summed E-state index contributed by atoms with van der Waals surface area (Å²) in [7, 11) is 0. The molecule has 0 radical (unpaired) electrons. The van der Waals surface area contributed by atoms with Crippen molar-refractivity contribution in [1.82, 2.24) is 5.32 Å². The number of aliphatic hydroxyl groups is 1. The molecule has 0 aliphatic carbocycles. The minimum atomic E-state index is -0.612. The SMILES string of the molecule is CCC(C)(C)C(=O)OCC1C(C(C)C)NC(C(C)C)CC1(CO)c1ccc(F)cc1. The monoisotopic (exact) mass is 421 g/mol. The van der Waals surface area contributed by atoms with Crippen LogP contribution < -0.4 is 5.32 Å². The van der Waals surface area contributed by atoms with Gasteiger partial charge in [0, 0.05) is 23.4 Å². The van der Waals surface area contributed by atoms with Gasteiger partial charge in [-0.05, 0) is 56.2 Å². The summed E-state index contributed by atoms with van der Waals surface area (Å²) in [5.41, 5.74) is -0.257. The van der Waals surface area contributed by atoms with Crippen molar-refractivity contribution in [2.75, 3.05) is 13.2 Å². The summed E-state index contributed by atoms with van der Waals surface area (Å²) in [4.78, 5) is 12.7. The molecule has 0 saturated carbocycles. The Morgan fingerprint density at radius 1 is 1.23 bits per heavy atom. The van der Waals surface area contributed by atoms with Crippen LogP contribution in [0.4, 0.5) is 4.39 Å². The second-order valence-electron chi connectivity index (χ2n) is 10.3. The molecule has 2 N–H and O–H groups in total. The predicted molar refractivity (Wildman–Crippen MR) is 119 cm³/mol. The summed E-state index contributed by atoms with van der Waals surface area (Å²) in [5, 5.41) is 14.5. The maximum Gasteiger partial charge on any atom is 0.311 e. The molecular weight excluding hydrogens is 381 g/mol. The smallest absolute Gasteiger partial charge is 0.311 e. The molecule has 1 heterocycles. The Morgan fingerprint density at radius 3 is 2.30 bits per heavy atom. The number of nitrogens with one attached hydrogen (secondary N) is 1. The molecule has 1 saturated heterocycles. The molecule has 1 aliphatic heterocycles. The molecule has 1 fully saturated rings.